The first-order valence-electron chi connectivity index (χ1n) is 12.3. The summed E-state index contributed by atoms with van der Waals surface area (Å²) in [6, 6.07) is 21.1. The maximum Gasteiger partial charge on any atom is 0.323 e. The third-order valence-corrected chi connectivity index (χ3v) is 6.33. The molecule has 3 aromatic carbocycles. The van der Waals surface area contributed by atoms with Crippen molar-refractivity contribution in [1.82, 2.24) is 5.32 Å². The molecule has 0 bridgehead atoms. The maximum absolute atomic E-state index is 12.9. The first kappa shape index (κ1) is 24.3. The molecule has 1 saturated heterocycles. The molecule has 35 heavy (non-hydrogen) atoms. The third kappa shape index (κ3) is 6.41. The van der Waals surface area contributed by atoms with E-state index in [2.05, 4.69) is 59.0 Å². The highest BCUT2D eigenvalue weighted by molar-refractivity contribution is 6.04. The minimum Gasteiger partial charge on any atom is -0.370 e. The van der Waals surface area contributed by atoms with Crippen molar-refractivity contribution < 1.29 is 9.59 Å². The summed E-state index contributed by atoms with van der Waals surface area (Å²) >= 11 is 0. The fourth-order valence-corrected chi connectivity index (χ4v) is 4.32. The predicted molar refractivity (Wildman–Crippen MR) is 143 cm³/mol. The zero-order valence-electron chi connectivity index (χ0n) is 20.7. The summed E-state index contributed by atoms with van der Waals surface area (Å²) in [5, 5.41) is 8.86. The van der Waals surface area contributed by atoms with Crippen LogP contribution in [-0.2, 0) is 6.54 Å². The third-order valence-electron chi connectivity index (χ3n) is 6.33. The van der Waals surface area contributed by atoms with E-state index in [1.165, 1.54) is 5.56 Å². The molecule has 182 valence electrons. The molecule has 3 aromatic rings. The molecular formula is C29H34N4O2. The standard InChI is InChI=1S/C29H34N4O2/c1-20(2)23-11-9-22(10-12-23)19-30-28(34)24-13-14-27(33-15-4-5-16-33)26(18-24)32-29(35)31-25-8-6-7-21(3)17-25/h6-14,17-18,20H,4-5,15-16,19H2,1-3H3,(H,30,34)(H2,31,32,35). The van der Waals surface area contributed by atoms with Crippen LogP contribution in [0.5, 0.6) is 0 Å². The summed E-state index contributed by atoms with van der Waals surface area (Å²) in [6.45, 7) is 8.62. The van der Waals surface area contributed by atoms with Crippen molar-refractivity contribution in [2.45, 2.75) is 46.1 Å². The van der Waals surface area contributed by atoms with Gasteiger partial charge in [-0.15, -0.1) is 0 Å². The van der Waals surface area contributed by atoms with Gasteiger partial charge in [0.25, 0.3) is 5.91 Å². The molecule has 0 saturated carbocycles. The number of anilines is 3. The van der Waals surface area contributed by atoms with E-state index in [4.69, 9.17) is 0 Å². The predicted octanol–water partition coefficient (Wildman–Crippen LogP) is 6.29. The Hall–Kier alpha value is -3.80. The van der Waals surface area contributed by atoms with E-state index in [-0.39, 0.29) is 11.9 Å². The van der Waals surface area contributed by atoms with Crippen molar-refractivity contribution in [2.75, 3.05) is 28.6 Å². The molecule has 3 amide bonds. The van der Waals surface area contributed by atoms with Gasteiger partial charge >= 0.3 is 6.03 Å². The molecule has 6 nitrogen and oxygen atoms in total. The minimum atomic E-state index is -0.334. The van der Waals surface area contributed by atoms with Crippen molar-refractivity contribution >= 4 is 29.0 Å². The molecule has 1 aliphatic rings. The fraction of sp³-hybridized carbons (Fsp3) is 0.310. The molecule has 6 heteroatoms. The smallest absolute Gasteiger partial charge is 0.323 e. The molecule has 1 fully saturated rings. The van der Waals surface area contributed by atoms with Gasteiger partial charge in [0, 0.05) is 30.9 Å². The zero-order valence-corrected chi connectivity index (χ0v) is 20.7. The number of nitrogens with one attached hydrogen (secondary N) is 3. The average molecular weight is 471 g/mol. The van der Waals surface area contributed by atoms with Crippen LogP contribution in [0.1, 0.15) is 59.7 Å². The highest BCUT2D eigenvalue weighted by Crippen LogP contribution is 2.30. The number of aryl methyl sites for hydroxylation is 1. The quantitative estimate of drug-likeness (QED) is 0.380. The first-order valence-corrected chi connectivity index (χ1v) is 12.3. The van der Waals surface area contributed by atoms with Crippen LogP contribution in [0.15, 0.2) is 66.7 Å². The molecule has 3 N–H and O–H groups in total. The number of hydrogen-bond acceptors (Lipinski definition) is 3. The molecule has 0 atom stereocenters. The Balaban J connectivity index is 1.48. The number of carbonyl (C=O) groups is 2. The van der Waals surface area contributed by atoms with Crippen LogP contribution in [0.2, 0.25) is 0 Å². The van der Waals surface area contributed by atoms with E-state index in [0.29, 0.717) is 23.7 Å². The Morgan fingerprint density at radius 3 is 2.34 bits per heavy atom. The van der Waals surface area contributed by atoms with Gasteiger partial charge in [-0.05, 0) is 72.7 Å². The Morgan fingerprint density at radius 2 is 1.66 bits per heavy atom. The van der Waals surface area contributed by atoms with E-state index in [0.717, 1.165) is 48.4 Å². The van der Waals surface area contributed by atoms with Crippen LogP contribution in [0.25, 0.3) is 0 Å². The van der Waals surface area contributed by atoms with E-state index in [1.54, 1.807) is 6.07 Å². The number of amides is 3. The van der Waals surface area contributed by atoms with Crippen molar-refractivity contribution in [3.63, 3.8) is 0 Å². The van der Waals surface area contributed by atoms with E-state index in [9.17, 15) is 9.59 Å². The van der Waals surface area contributed by atoms with Gasteiger partial charge in [-0.2, -0.15) is 0 Å². The van der Waals surface area contributed by atoms with E-state index >= 15 is 0 Å². The van der Waals surface area contributed by atoms with Crippen molar-refractivity contribution in [1.29, 1.82) is 0 Å². The molecular weight excluding hydrogens is 436 g/mol. The lowest BCUT2D eigenvalue weighted by atomic mass is 10.0. The number of benzene rings is 3. The van der Waals surface area contributed by atoms with E-state index < -0.39 is 0 Å². The highest BCUT2D eigenvalue weighted by Gasteiger charge is 2.19. The second-order valence-corrected chi connectivity index (χ2v) is 9.45. The summed E-state index contributed by atoms with van der Waals surface area (Å²) in [5.74, 6) is 0.301. The number of urea groups is 1. The molecule has 1 aliphatic heterocycles. The Bertz CT molecular complexity index is 1180. The Morgan fingerprint density at radius 1 is 0.914 bits per heavy atom. The lowest BCUT2D eigenvalue weighted by Gasteiger charge is -2.22. The Labute approximate surface area is 207 Å². The molecule has 4 rings (SSSR count). The van der Waals surface area contributed by atoms with Crippen molar-refractivity contribution in [2.24, 2.45) is 0 Å². The normalized spacial score (nSPS) is 13.1. The van der Waals surface area contributed by atoms with Crippen LogP contribution in [0.3, 0.4) is 0 Å². The molecule has 0 unspecified atom stereocenters. The monoisotopic (exact) mass is 470 g/mol. The van der Waals surface area contributed by atoms with Crippen LogP contribution < -0.4 is 20.9 Å². The molecule has 0 aliphatic carbocycles. The largest absolute Gasteiger partial charge is 0.370 e. The lowest BCUT2D eigenvalue weighted by molar-refractivity contribution is 0.0951. The summed E-state index contributed by atoms with van der Waals surface area (Å²) in [4.78, 5) is 28.0. The summed E-state index contributed by atoms with van der Waals surface area (Å²) in [5.41, 5.74) is 6.19. The topological polar surface area (TPSA) is 73.5 Å². The summed E-state index contributed by atoms with van der Waals surface area (Å²) in [6.07, 6.45) is 2.24. The van der Waals surface area contributed by atoms with Gasteiger partial charge in [0.2, 0.25) is 0 Å². The molecule has 0 spiro atoms. The summed E-state index contributed by atoms with van der Waals surface area (Å²) in [7, 11) is 0. The Kier molecular flexibility index (Phi) is 7.70. The fourth-order valence-electron chi connectivity index (χ4n) is 4.32. The second kappa shape index (κ2) is 11.1. The zero-order chi connectivity index (χ0) is 24.8. The van der Waals surface area contributed by atoms with Crippen LogP contribution in [-0.4, -0.2) is 25.0 Å². The number of carbonyl (C=O) groups excluding carboxylic acids is 2. The maximum atomic E-state index is 12.9. The van der Waals surface area contributed by atoms with Gasteiger partial charge in [-0.25, -0.2) is 4.79 Å². The van der Waals surface area contributed by atoms with Gasteiger partial charge in [-0.3, -0.25) is 4.79 Å². The van der Waals surface area contributed by atoms with Crippen LogP contribution in [0.4, 0.5) is 21.9 Å². The van der Waals surface area contributed by atoms with Gasteiger partial charge in [0.1, 0.15) is 0 Å². The van der Waals surface area contributed by atoms with Crippen molar-refractivity contribution in [3.05, 3.63) is 89.0 Å². The number of hydrogen-bond donors (Lipinski definition) is 3. The second-order valence-electron chi connectivity index (χ2n) is 9.45. The summed E-state index contributed by atoms with van der Waals surface area (Å²) < 4.78 is 0. The van der Waals surface area contributed by atoms with Crippen molar-refractivity contribution in [3.8, 4) is 0 Å². The first-order chi connectivity index (χ1) is 16.9. The lowest BCUT2D eigenvalue weighted by Crippen LogP contribution is -2.26. The van der Waals surface area contributed by atoms with Gasteiger partial charge in [-0.1, -0.05) is 50.2 Å². The van der Waals surface area contributed by atoms with Crippen LogP contribution in [0, 0.1) is 6.92 Å². The highest BCUT2D eigenvalue weighted by atomic mass is 16.2. The molecule has 1 heterocycles. The van der Waals surface area contributed by atoms with Gasteiger partial charge < -0.3 is 20.9 Å². The SMILES string of the molecule is Cc1cccc(NC(=O)Nc2cc(C(=O)NCc3ccc(C(C)C)cc3)ccc2N2CCCC2)c1. The van der Waals surface area contributed by atoms with E-state index in [1.807, 2.05) is 43.3 Å². The minimum absolute atomic E-state index is 0.173. The molecule has 0 radical (unpaired) electrons. The average Bonchev–Trinajstić information content (AvgIpc) is 3.37. The number of nitrogens with zero attached hydrogens (tertiary/aromatic N) is 1. The van der Waals surface area contributed by atoms with Crippen LogP contribution >= 0.6 is 0 Å². The van der Waals surface area contributed by atoms with Gasteiger partial charge in [0.05, 0.1) is 11.4 Å². The van der Waals surface area contributed by atoms with Gasteiger partial charge in [0.15, 0.2) is 0 Å². The number of rotatable bonds is 7. The molecule has 0 aromatic heterocycles.